The monoisotopic (exact) mass is 306 g/mol. The first-order valence-electron chi connectivity index (χ1n) is 8.13. The van der Waals surface area contributed by atoms with Crippen LogP contribution in [0, 0.1) is 6.92 Å². The van der Waals surface area contributed by atoms with Crippen LogP contribution in [0.4, 0.5) is 5.69 Å². The Kier molecular flexibility index (Phi) is 4.51. The van der Waals surface area contributed by atoms with E-state index in [0.717, 1.165) is 40.1 Å². The number of aromatic amines is 1. The number of rotatable bonds is 5. The Hall–Kier alpha value is -2.49. The van der Waals surface area contributed by atoms with Crippen molar-refractivity contribution in [1.82, 2.24) is 15.0 Å². The summed E-state index contributed by atoms with van der Waals surface area (Å²) in [6, 6.07) is 8.10. The van der Waals surface area contributed by atoms with Crippen molar-refractivity contribution in [3.8, 4) is 11.3 Å². The van der Waals surface area contributed by atoms with E-state index >= 15 is 0 Å². The van der Waals surface area contributed by atoms with Crippen LogP contribution in [0.5, 0.6) is 0 Å². The molecule has 0 bridgehead atoms. The molecule has 0 aromatic carbocycles. The molecule has 4 heteroatoms. The van der Waals surface area contributed by atoms with Gasteiger partial charge in [0.15, 0.2) is 0 Å². The number of aromatic nitrogens is 3. The number of H-pyrrole nitrogens is 1. The summed E-state index contributed by atoms with van der Waals surface area (Å²) < 4.78 is 0. The van der Waals surface area contributed by atoms with E-state index in [-0.39, 0.29) is 0 Å². The molecule has 118 valence electrons. The molecule has 0 unspecified atom stereocenters. The van der Waals surface area contributed by atoms with Crippen LogP contribution >= 0.6 is 0 Å². The summed E-state index contributed by atoms with van der Waals surface area (Å²) in [5.41, 5.74) is 6.00. The first kappa shape index (κ1) is 15.4. The minimum Gasteiger partial charge on any atom is -0.345 e. The maximum Gasteiger partial charge on any atom is 0.137 e. The summed E-state index contributed by atoms with van der Waals surface area (Å²) >= 11 is 0. The van der Waals surface area contributed by atoms with Crippen LogP contribution in [0.25, 0.3) is 22.3 Å². The van der Waals surface area contributed by atoms with Crippen LogP contribution in [0.15, 0.2) is 41.7 Å². The van der Waals surface area contributed by atoms with Crippen LogP contribution in [0.1, 0.15) is 38.8 Å². The van der Waals surface area contributed by atoms with Crippen molar-refractivity contribution in [2.75, 3.05) is 0 Å². The molecule has 0 spiro atoms. The molecule has 0 atom stereocenters. The first-order chi connectivity index (χ1) is 11.2. The summed E-state index contributed by atoms with van der Waals surface area (Å²) in [5.74, 6) is 0. The van der Waals surface area contributed by atoms with Gasteiger partial charge in [-0.05, 0) is 51.0 Å². The lowest BCUT2D eigenvalue weighted by Crippen LogP contribution is -1.92. The lowest BCUT2D eigenvalue weighted by molar-refractivity contribution is 0.833. The SMILES string of the molecule is CCCCC(C)=Nc1ccc(-c2c[nH]c3ncccc23)nc1C. The van der Waals surface area contributed by atoms with Gasteiger partial charge in [-0.25, -0.2) is 4.98 Å². The van der Waals surface area contributed by atoms with E-state index in [9.17, 15) is 0 Å². The molecule has 3 aromatic heterocycles. The zero-order valence-corrected chi connectivity index (χ0v) is 13.9. The van der Waals surface area contributed by atoms with Crippen molar-refractivity contribution in [2.24, 2.45) is 4.99 Å². The highest BCUT2D eigenvalue weighted by Gasteiger charge is 2.09. The predicted octanol–water partition coefficient (Wildman–Crippen LogP) is 5.22. The molecule has 3 heterocycles. The summed E-state index contributed by atoms with van der Waals surface area (Å²) in [5, 5.41) is 1.09. The molecule has 0 aliphatic heterocycles. The van der Waals surface area contributed by atoms with Crippen molar-refractivity contribution in [2.45, 2.75) is 40.0 Å². The van der Waals surface area contributed by atoms with Crippen molar-refractivity contribution >= 4 is 22.4 Å². The molecular weight excluding hydrogens is 284 g/mol. The van der Waals surface area contributed by atoms with Crippen molar-refractivity contribution in [1.29, 1.82) is 0 Å². The summed E-state index contributed by atoms with van der Waals surface area (Å²) in [7, 11) is 0. The highest BCUT2D eigenvalue weighted by atomic mass is 14.9. The highest BCUT2D eigenvalue weighted by Crippen LogP contribution is 2.28. The number of nitrogens with one attached hydrogen (secondary N) is 1. The third-order valence-corrected chi connectivity index (χ3v) is 3.99. The Morgan fingerprint density at radius 3 is 2.91 bits per heavy atom. The zero-order valence-electron chi connectivity index (χ0n) is 13.9. The van der Waals surface area contributed by atoms with Gasteiger partial charge in [0.25, 0.3) is 0 Å². The minimum atomic E-state index is 0.888. The maximum atomic E-state index is 4.74. The third kappa shape index (κ3) is 3.31. The average molecular weight is 306 g/mol. The molecule has 0 aliphatic rings. The molecule has 4 nitrogen and oxygen atoms in total. The molecule has 23 heavy (non-hydrogen) atoms. The largest absolute Gasteiger partial charge is 0.345 e. The number of pyridine rings is 2. The van der Waals surface area contributed by atoms with Crippen LogP contribution < -0.4 is 0 Å². The molecule has 0 radical (unpaired) electrons. The summed E-state index contributed by atoms with van der Waals surface area (Å²) in [6.45, 7) is 6.31. The Morgan fingerprint density at radius 1 is 1.26 bits per heavy atom. The number of aliphatic imine (C=N–C) groups is 1. The fraction of sp³-hybridized carbons (Fsp3) is 0.316. The second kappa shape index (κ2) is 6.73. The van der Waals surface area contributed by atoms with Gasteiger partial charge in [-0.1, -0.05) is 13.3 Å². The zero-order chi connectivity index (χ0) is 16.2. The molecular formula is C19H22N4. The second-order valence-electron chi connectivity index (χ2n) is 5.85. The van der Waals surface area contributed by atoms with Gasteiger partial charge in [0.1, 0.15) is 5.65 Å². The van der Waals surface area contributed by atoms with E-state index in [2.05, 4.69) is 35.9 Å². The van der Waals surface area contributed by atoms with Crippen LogP contribution in [0.2, 0.25) is 0 Å². The standard InChI is InChI=1S/C19H22N4/c1-4-5-7-13(2)22-17-9-10-18(23-14(17)3)16-12-21-19-15(16)8-6-11-20-19/h6,8-12H,4-5,7H2,1-3H3,(H,20,21). The molecule has 0 aliphatic carbocycles. The van der Waals surface area contributed by atoms with Crippen molar-refractivity contribution in [3.05, 3.63) is 42.4 Å². The van der Waals surface area contributed by atoms with Gasteiger partial charge in [-0.2, -0.15) is 0 Å². The number of aryl methyl sites for hydroxylation is 1. The third-order valence-electron chi connectivity index (χ3n) is 3.99. The second-order valence-corrected chi connectivity index (χ2v) is 5.85. The smallest absolute Gasteiger partial charge is 0.137 e. The Morgan fingerprint density at radius 2 is 2.13 bits per heavy atom. The lowest BCUT2D eigenvalue weighted by Gasteiger charge is -2.05. The van der Waals surface area contributed by atoms with E-state index in [4.69, 9.17) is 9.98 Å². The van der Waals surface area contributed by atoms with Crippen LogP contribution in [0.3, 0.4) is 0 Å². The Labute approximate surface area is 136 Å². The quantitative estimate of drug-likeness (QED) is 0.657. The topological polar surface area (TPSA) is 53.9 Å². The molecule has 3 rings (SSSR count). The van der Waals surface area contributed by atoms with E-state index < -0.39 is 0 Å². The lowest BCUT2D eigenvalue weighted by atomic mass is 10.1. The molecule has 3 aromatic rings. The molecule has 0 fully saturated rings. The molecule has 0 amide bonds. The van der Waals surface area contributed by atoms with Gasteiger partial charge >= 0.3 is 0 Å². The summed E-state index contributed by atoms with van der Waals surface area (Å²) in [4.78, 5) is 17.0. The van der Waals surface area contributed by atoms with Crippen LogP contribution in [-0.2, 0) is 0 Å². The predicted molar refractivity (Wildman–Crippen MR) is 96.4 cm³/mol. The minimum absolute atomic E-state index is 0.888. The Bertz CT molecular complexity index is 845. The molecule has 1 N–H and O–H groups in total. The van der Waals surface area contributed by atoms with Crippen molar-refractivity contribution < 1.29 is 0 Å². The normalized spacial score (nSPS) is 12.0. The number of unbranched alkanes of at least 4 members (excludes halogenated alkanes) is 1. The number of fused-ring (bicyclic) bond motifs is 1. The number of hydrogen-bond acceptors (Lipinski definition) is 3. The molecule has 0 saturated heterocycles. The number of nitrogens with zero attached hydrogens (tertiary/aromatic N) is 3. The van der Waals surface area contributed by atoms with E-state index in [1.165, 1.54) is 18.6 Å². The fourth-order valence-electron chi connectivity index (χ4n) is 2.68. The van der Waals surface area contributed by atoms with Crippen LogP contribution in [-0.4, -0.2) is 20.7 Å². The van der Waals surface area contributed by atoms with Gasteiger partial charge in [0.05, 0.1) is 17.1 Å². The number of hydrogen-bond donors (Lipinski definition) is 1. The van der Waals surface area contributed by atoms with Gasteiger partial charge in [-0.15, -0.1) is 0 Å². The van der Waals surface area contributed by atoms with E-state index in [1.807, 2.05) is 25.3 Å². The van der Waals surface area contributed by atoms with E-state index in [1.54, 1.807) is 6.20 Å². The van der Waals surface area contributed by atoms with Gasteiger partial charge in [0.2, 0.25) is 0 Å². The Balaban J connectivity index is 1.93. The van der Waals surface area contributed by atoms with Gasteiger partial charge in [0, 0.05) is 29.1 Å². The fourth-order valence-corrected chi connectivity index (χ4v) is 2.68. The summed E-state index contributed by atoms with van der Waals surface area (Å²) in [6.07, 6.45) is 7.18. The maximum absolute atomic E-state index is 4.74. The molecule has 0 saturated carbocycles. The average Bonchev–Trinajstić information content (AvgIpc) is 2.99. The van der Waals surface area contributed by atoms with Gasteiger partial charge < -0.3 is 4.98 Å². The first-order valence-corrected chi connectivity index (χ1v) is 8.13. The van der Waals surface area contributed by atoms with Crippen molar-refractivity contribution in [3.63, 3.8) is 0 Å². The van der Waals surface area contributed by atoms with E-state index in [0.29, 0.717) is 0 Å². The van der Waals surface area contributed by atoms with Gasteiger partial charge in [-0.3, -0.25) is 9.98 Å². The highest BCUT2D eigenvalue weighted by molar-refractivity contribution is 5.92.